The maximum atomic E-state index is 12.6. The lowest BCUT2D eigenvalue weighted by Crippen LogP contribution is -2.37. The molecule has 0 radical (unpaired) electrons. The second-order valence-corrected chi connectivity index (χ2v) is 7.47. The number of benzene rings is 1. The Hall–Kier alpha value is -1.59. The predicted octanol–water partition coefficient (Wildman–Crippen LogP) is 2.40. The molecule has 0 aromatic heterocycles. The topological polar surface area (TPSA) is 66.6 Å². The van der Waals surface area contributed by atoms with Crippen LogP contribution in [0.25, 0.3) is 0 Å². The highest BCUT2D eigenvalue weighted by molar-refractivity contribution is 5.85. The van der Waals surface area contributed by atoms with Gasteiger partial charge in [-0.15, -0.1) is 12.4 Å². The van der Waals surface area contributed by atoms with Crippen molar-refractivity contribution in [2.75, 3.05) is 26.2 Å². The van der Waals surface area contributed by atoms with Crippen LogP contribution in [-0.4, -0.2) is 53.8 Å². The third-order valence-electron chi connectivity index (χ3n) is 5.77. The molecule has 2 N–H and O–H groups in total. The molecule has 2 fully saturated rings. The number of piperidine rings is 1. The molecule has 2 atom stereocenters. The molecule has 2 aliphatic rings. The summed E-state index contributed by atoms with van der Waals surface area (Å²) < 4.78 is 0. The first kappa shape index (κ1) is 20.7. The molecule has 2 heterocycles. The Morgan fingerprint density at radius 3 is 2.35 bits per heavy atom. The Kier molecular flexibility index (Phi) is 7.47. The molecular weight excluding hydrogens is 350 g/mol. The smallest absolute Gasteiger partial charge is 0.222 e. The van der Waals surface area contributed by atoms with Crippen molar-refractivity contribution in [3.8, 4) is 0 Å². The van der Waals surface area contributed by atoms with Gasteiger partial charge in [0.25, 0.3) is 0 Å². The third-order valence-corrected chi connectivity index (χ3v) is 5.77. The van der Waals surface area contributed by atoms with Gasteiger partial charge in [-0.1, -0.05) is 30.3 Å². The van der Waals surface area contributed by atoms with Crippen molar-refractivity contribution >= 4 is 24.2 Å². The zero-order chi connectivity index (χ0) is 17.8. The van der Waals surface area contributed by atoms with E-state index < -0.39 is 0 Å². The molecule has 0 spiro atoms. The van der Waals surface area contributed by atoms with Gasteiger partial charge in [-0.25, -0.2) is 0 Å². The van der Waals surface area contributed by atoms with Gasteiger partial charge in [0.15, 0.2) is 0 Å². The van der Waals surface area contributed by atoms with E-state index in [1.807, 2.05) is 28.0 Å². The van der Waals surface area contributed by atoms with Gasteiger partial charge in [-0.05, 0) is 30.7 Å². The van der Waals surface area contributed by atoms with Crippen LogP contribution in [0.3, 0.4) is 0 Å². The van der Waals surface area contributed by atoms with Gasteiger partial charge in [0.05, 0.1) is 0 Å². The molecule has 0 unspecified atom stereocenters. The molecule has 144 valence electrons. The number of hydrogen-bond acceptors (Lipinski definition) is 3. The summed E-state index contributed by atoms with van der Waals surface area (Å²) in [7, 11) is 0. The minimum atomic E-state index is 0. The van der Waals surface area contributed by atoms with Crippen molar-refractivity contribution in [3.63, 3.8) is 0 Å². The Morgan fingerprint density at radius 1 is 1.08 bits per heavy atom. The summed E-state index contributed by atoms with van der Waals surface area (Å²) in [6.45, 7) is 4.68. The van der Waals surface area contributed by atoms with Crippen LogP contribution < -0.4 is 5.73 Å². The lowest BCUT2D eigenvalue weighted by atomic mass is 9.92. The normalized spacial score (nSPS) is 23.6. The van der Waals surface area contributed by atoms with E-state index in [-0.39, 0.29) is 36.2 Å². The Bertz CT molecular complexity index is 602. The van der Waals surface area contributed by atoms with Crippen LogP contribution in [0.2, 0.25) is 0 Å². The average Bonchev–Trinajstić information content (AvgIpc) is 3.02. The number of nitrogens with zero attached hydrogens (tertiary/aromatic N) is 2. The van der Waals surface area contributed by atoms with E-state index in [2.05, 4.69) is 12.1 Å². The molecule has 1 aromatic rings. The van der Waals surface area contributed by atoms with Gasteiger partial charge in [0.2, 0.25) is 11.8 Å². The summed E-state index contributed by atoms with van der Waals surface area (Å²) >= 11 is 0. The van der Waals surface area contributed by atoms with Crippen molar-refractivity contribution < 1.29 is 9.59 Å². The Balaban J connectivity index is 0.00000243. The molecule has 2 saturated heterocycles. The van der Waals surface area contributed by atoms with Gasteiger partial charge in [-0.3, -0.25) is 9.59 Å². The number of nitrogens with two attached hydrogens (primary N) is 1. The zero-order valence-electron chi connectivity index (χ0n) is 15.5. The van der Waals surface area contributed by atoms with Gasteiger partial charge < -0.3 is 15.5 Å². The number of carbonyl (C=O) groups excluding carboxylic acids is 2. The summed E-state index contributed by atoms with van der Waals surface area (Å²) in [6, 6.07) is 10.3. The summed E-state index contributed by atoms with van der Waals surface area (Å²) in [6.07, 6.45) is 3.54. The van der Waals surface area contributed by atoms with Gasteiger partial charge in [0.1, 0.15) is 0 Å². The van der Waals surface area contributed by atoms with Crippen LogP contribution in [0.5, 0.6) is 0 Å². The van der Waals surface area contributed by atoms with E-state index in [1.54, 1.807) is 6.92 Å². The largest absolute Gasteiger partial charge is 0.343 e. The maximum Gasteiger partial charge on any atom is 0.222 e. The number of carbonyl (C=O) groups is 2. The van der Waals surface area contributed by atoms with Gasteiger partial charge >= 0.3 is 0 Å². The second-order valence-electron chi connectivity index (χ2n) is 7.47. The van der Waals surface area contributed by atoms with Gasteiger partial charge in [0, 0.05) is 51.5 Å². The number of likely N-dealkylation sites (tertiary alicyclic amines) is 2. The van der Waals surface area contributed by atoms with E-state index in [0.717, 1.165) is 38.9 Å². The molecule has 0 aliphatic carbocycles. The number of halogens is 1. The fourth-order valence-corrected chi connectivity index (χ4v) is 4.11. The van der Waals surface area contributed by atoms with Crippen molar-refractivity contribution in [2.45, 2.75) is 44.6 Å². The van der Waals surface area contributed by atoms with Crippen LogP contribution >= 0.6 is 12.4 Å². The lowest BCUT2D eigenvalue weighted by Gasteiger charge is -2.31. The molecule has 0 saturated carbocycles. The maximum absolute atomic E-state index is 12.6. The molecule has 0 bridgehead atoms. The van der Waals surface area contributed by atoms with Crippen molar-refractivity contribution in [2.24, 2.45) is 11.7 Å². The molecule has 2 amide bonds. The average molecular weight is 380 g/mol. The van der Waals surface area contributed by atoms with Crippen LogP contribution in [0.1, 0.15) is 44.1 Å². The number of amides is 2. The molecule has 3 rings (SSSR count). The fourth-order valence-electron chi connectivity index (χ4n) is 4.11. The van der Waals surface area contributed by atoms with Crippen molar-refractivity contribution in [1.29, 1.82) is 0 Å². The highest BCUT2D eigenvalue weighted by atomic mass is 35.5. The molecule has 1 aromatic carbocycles. The van der Waals surface area contributed by atoms with E-state index in [9.17, 15) is 9.59 Å². The number of hydrogen-bond donors (Lipinski definition) is 1. The van der Waals surface area contributed by atoms with Gasteiger partial charge in [-0.2, -0.15) is 0 Å². The van der Waals surface area contributed by atoms with E-state index in [1.165, 1.54) is 5.56 Å². The SMILES string of the molecule is CC(=O)N1CCC(CCC(=O)N2C[C@@H](N)[C@H](c3ccccc3)C2)CC1.Cl. The van der Waals surface area contributed by atoms with E-state index in [4.69, 9.17) is 5.73 Å². The standard InChI is InChI=1S/C20H29N3O2.ClH/c1-15(24)22-11-9-16(10-12-22)7-8-20(25)23-13-18(19(21)14-23)17-5-3-2-4-6-17;/h2-6,16,18-19H,7-14,21H2,1H3;1H/t18-,19+;/m0./s1. The highest BCUT2D eigenvalue weighted by Gasteiger charge is 2.33. The first-order valence-electron chi connectivity index (χ1n) is 9.38. The molecule has 2 aliphatic heterocycles. The molecule has 26 heavy (non-hydrogen) atoms. The highest BCUT2D eigenvalue weighted by Crippen LogP contribution is 2.28. The number of rotatable bonds is 4. The predicted molar refractivity (Wildman–Crippen MR) is 105 cm³/mol. The third kappa shape index (κ3) is 4.98. The summed E-state index contributed by atoms with van der Waals surface area (Å²) in [4.78, 5) is 27.8. The monoisotopic (exact) mass is 379 g/mol. The first-order chi connectivity index (χ1) is 12.0. The lowest BCUT2D eigenvalue weighted by molar-refractivity contribution is -0.132. The van der Waals surface area contributed by atoms with Crippen LogP contribution in [-0.2, 0) is 9.59 Å². The Morgan fingerprint density at radius 2 is 1.73 bits per heavy atom. The summed E-state index contributed by atoms with van der Waals surface area (Å²) in [5, 5.41) is 0. The minimum Gasteiger partial charge on any atom is -0.343 e. The van der Waals surface area contributed by atoms with Crippen molar-refractivity contribution in [1.82, 2.24) is 9.80 Å². The van der Waals surface area contributed by atoms with Crippen LogP contribution in [0.4, 0.5) is 0 Å². The minimum absolute atomic E-state index is 0. The van der Waals surface area contributed by atoms with E-state index in [0.29, 0.717) is 18.9 Å². The summed E-state index contributed by atoms with van der Waals surface area (Å²) in [5.74, 6) is 1.18. The second kappa shape index (κ2) is 9.38. The zero-order valence-corrected chi connectivity index (χ0v) is 16.3. The van der Waals surface area contributed by atoms with E-state index >= 15 is 0 Å². The fraction of sp³-hybridized carbons (Fsp3) is 0.600. The summed E-state index contributed by atoms with van der Waals surface area (Å²) in [5.41, 5.74) is 7.51. The molecular formula is C20H30ClN3O2. The Labute approximate surface area is 162 Å². The van der Waals surface area contributed by atoms with Crippen LogP contribution in [0.15, 0.2) is 30.3 Å². The van der Waals surface area contributed by atoms with Crippen molar-refractivity contribution in [3.05, 3.63) is 35.9 Å². The quantitative estimate of drug-likeness (QED) is 0.873. The van der Waals surface area contributed by atoms with Crippen LogP contribution in [0, 0.1) is 5.92 Å². The molecule has 6 heteroatoms. The first-order valence-corrected chi connectivity index (χ1v) is 9.38. The molecule has 5 nitrogen and oxygen atoms in total.